The van der Waals surface area contributed by atoms with Gasteiger partial charge in [-0.15, -0.1) is 0 Å². The molecule has 182 valence electrons. The highest BCUT2D eigenvalue weighted by atomic mass is 16.5. The first-order chi connectivity index (χ1) is 17.1. The standard InChI is InChI=1S/C28H31N3O4/c1-34-24-12-9-13-25(35-2)26(24)28(33)30-21-14-15-23(31-16-7-4-8-17-31)22(18-21)27(32)29-19-20-10-5-3-6-11-20/h3,5-6,9-15,18H,4,7-8,16-17,19H2,1-2H3,(H,29,32)(H,30,33). The van der Waals surface area contributed by atoms with Gasteiger partial charge in [0.05, 0.1) is 19.8 Å². The van der Waals surface area contributed by atoms with Crippen molar-refractivity contribution in [3.8, 4) is 11.5 Å². The van der Waals surface area contributed by atoms with Crippen LogP contribution in [-0.2, 0) is 6.54 Å². The Morgan fingerprint density at radius 2 is 1.51 bits per heavy atom. The minimum absolute atomic E-state index is 0.180. The lowest BCUT2D eigenvalue weighted by Gasteiger charge is -2.30. The zero-order valence-electron chi connectivity index (χ0n) is 20.2. The monoisotopic (exact) mass is 473 g/mol. The van der Waals surface area contributed by atoms with Gasteiger partial charge in [-0.2, -0.15) is 0 Å². The molecule has 1 fully saturated rings. The summed E-state index contributed by atoms with van der Waals surface area (Å²) in [6.07, 6.45) is 3.38. The van der Waals surface area contributed by atoms with E-state index >= 15 is 0 Å². The second-order valence-corrected chi connectivity index (χ2v) is 8.44. The molecule has 1 heterocycles. The fourth-order valence-electron chi connectivity index (χ4n) is 4.35. The SMILES string of the molecule is COc1cccc(OC)c1C(=O)Nc1ccc(N2CCCCC2)c(C(=O)NCc2ccccc2)c1. The van der Waals surface area contributed by atoms with Crippen molar-refractivity contribution in [2.45, 2.75) is 25.8 Å². The lowest BCUT2D eigenvalue weighted by molar-refractivity contribution is 0.0949. The molecule has 0 bridgehead atoms. The Labute approximate surface area is 206 Å². The Hall–Kier alpha value is -4.00. The van der Waals surface area contributed by atoms with E-state index in [1.54, 1.807) is 24.3 Å². The van der Waals surface area contributed by atoms with Crippen molar-refractivity contribution in [2.24, 2.45) is 0 Å². The molecule has 3 aromatic carbocycles. The number of hydrogen-bond donors (Lipinski definition) is 2. The van der Waals surface area contributed by atoms with Crippen LogP contribution in [0, 0.1) is 0 Å². The summed E-state index contributed by atoms with van der Waals surface area (Å²) in [6, 6.07) is 20.5. The van der Waals surface area contributed by atoms with Crippen molar-refractivity contribution in [2.75, 3.05) is 37.5 Å². The number of nitrogens with zero attached hydrogens (tertiary/aromatic N) is 1. The number of amides is 2. The van der Waals surface area contributed by atoms with E-state index in [1.165, 1.54) is 20.6 Å². The Morgan fingerprint density at radius 1 is 0.829 bits per heavy atom. The Morgan fingerprint density at radius 3 is 2.17 bits per heavy atom. The molecule has 1 saturated heterocycles. The van der Waals surface area contributed by atoms with Crippen molar-refractivity contribution in [3.05, 3.63) is 83.4 Å². The van der Waals surface area contributed by atoms with Gasteiger partial charge in [0.1, 0.15) is 17.1 Å². The smallest absolute Gasteiger partial charge is 0.263 e. The van der Waals surface area contributed by atoms with Crippen LogP contribution in [0.25, 0.3) is 0 Å². The van der Waals surface area contributed by atoms with Crippen molar-refractivity contribution in [3.63, 3.8) is 0 Å². The summed E-state index contributed by atoms with van der Waals surface area (Å²) in [5, 5.41) is 5.93. The summed E-state index contributed by atoms with van der Waals surface area (Å²) in [7, 11) is 3.02. The number of nitrogens with one attached hydrogen (secondary N) is 2. The van der Waals surface area contributed by atoms with E-state index in [9.17, 15) is 9.59 Å². The molecule has 0 unspecified atom stereocenters. The zero-order valence-corrected chi connectivity index (χ0v) is 20.2. The normalized spacial score (nSPS) is 13.1. The van der Waals surface area contributed by atoms with Crippen LogP contribution in [0.1, 0.15) is 45.5 Å². The van der Waals surface area contributed by atoms with E-state index in [-0.39, 0.29) is 11.8 Å². The first-order valence-electron chi connectivity index (χ1n) is 11.8. The zero-order chi connectivity index (χ0) is 24.6. The number of hydrogen-bond acceptors (Lipinski definition) is 5. The minimum Gasteiger partial charge on any atom is -0.496 e. The molecule has 35 heavy (non-hydrogen) atoms. The van der Waals surface area contributed by atoms with Gasteiger partial charge in [0.15, 0.2) is 0 Å². The molecule has 2 amide bonds. The van der Waals surface area contributed by atoms with Crippen LogP contribution in [0.15, 0.2) is 66.7 Å². The molecule has 0 aliphatic carbocycles. The van der Waals surface area contributed by atoms with Crippen LogP contribution in [0.4, 0.5) is 11.4 Å². The van der Waals surface area contributed by atoms with Crippen LogP contribution in [0.3, 0.4) is 0 Å². The maximum atomic E-state index is 13.3. The number of carbonyl (C=O) groups is 2. The quantitative estimate of drug-likeness (QED) is 0.488. The number of methoxy groups -OCH3 is 2. The van der Waals surface area contributed by atoms with Crippen LogP contribution in [-0.4, -0.2) is 39.1 Å². The van der Waals surface area contributed by atoms with Gasteiger partial charge in [-0.3, -0.25) is 9.59 Å². The molecule has 0 atom stereocenters. The van der Waals surface area contributed by atoms with Gasteiger partial charge >= 0.3 is 0 Å². The highest BCUT2D eigenvalue weighted by Gasteiger charge is 2.22. The molecule has 2 N–H and O–H groups in total. The third-order valence-electron chi connectivity index (χ3n) is 6.15. The summed E-state index contributed by atoms with van der Waals surface area (Å²) in [4.78, 5) is 28.7. The second kappa shape index (κ2) is 11.4. The maximum absolute atomic E-state index is 13.3. The maximum Gasteiger partial charge on any atom is 0.263 e. The molecule has 0 saturated carbocycles. The van der Waals surface area contributed by atoms with Crippen molar-refractivity contribution < 1.29 is 19.1 Å². The van der Waals surface area contributed by atoms with Gasteiger partial charge in [-0.1, -0.05) is 36.4 Å². The topological polar surface area (TPSA) is 79.9 Å². The number of rotatable bonds is 8. The van der Waals surface area contributed by atoms with Crippen LogP contribution >= 0.6 is 0 Å². The number of anilines is 2. The van der Waals surface area contributed by atoms with E-state index in [0.717, 1.165) is 37.2 Å². The Balaban J connectivity index is 1.61. The van der Waals surface area contributed by atoms with Crippen LogP contribution < -0.4 is 25.0 Å². The van der Waals surface area contributed by atoms with E-state index in [2.05, 4.69) is 15.5 Å². The number of benzene rings is 3. The van der Waals surface area contributed by atoms with Gasteiger partial charge in [0.2, 0.25) is 0 Å². The molecule has 0 radical (unpaired) electrons. The minimum atomic E-state index is -0.374. The van der Waals surface area contributed by atoms with Crippen molar-refractivity contribution in [1.29, 1.82) is 0 Å². The molecule has 7 nitrogen and oxygen atoms in total. The van der Waals surface area contributed by atoms with Gasteiger partial charge in [0.25, 0.3) is 11.8 Å². The summed E-state index contributed by atoms with van der Waals surface area (Å²) >= 11 is 0. The van der Waals surface area contributed by atoms with Gasteiger partial charge in [-0.25, -0.2) is 0 Å². The third kappa shape index (κ3) is 5.74. The molecule has 7 heteroatoms. The van der Waals surface area contributed by atoms with E-state index in [0.29, 0.717) is 34.9 Å². The lowest BCUT2D eigenvalue weighted by Crippen LogP contribution is -2.32. The first-order valence-corrected chi connectivity index (χ1v) is 11.8. The first kappa shape index (κ1) is 24.1. The van der Waals surface area contributed by atoms with Crippen LogP contribution in [0.5, 0.6) is 11.5 Å². The predicted octanol–water partition coefficient (Wildman–Crippen LogP) is 4.88. The van der Waals surface area contributed by atoms with E-state index in [4.69, 9.17) is 9.47 Å². The largest absolute Gasteiger partial charge is 0.496 e. The molecule has 0 spiro atoms. The average molecular weight is 474 g/mol. The summed E-state index contributed by atoms with van der Waals surface area (Å²) < 4.78 is 10.7. The fraction of sp³-hybridized carbons (Fsp3) is 0.286. The van der Waals surface area contributed by atoms with Gasteiger partial charge in [0, 0.05) is 31.0 Å². The Kier molecular flexibility index (Phi) is 7.88. The van der Waals surface area contributed by atoms with E-state index in [1.807, 2.05) is 42.5 Å². The molecular weight excluding hydrogens is 442 g/mol. The van der Waals surface area contributed by atoms with Gasteiger partial charge in [-0.05, 0) is 55.2 Å². The third-order valence-corrected chi connectivity index (χ3v) is 6.15. The predicted molar refractivity (Wildman–Crippen MR) is 138 cm³/mol. The molecule has 1 aliphatic heterocycles. The Bertz CT molecular complexity index is 1150. The molecular formula is C28H31N3O4. The highest BCUT2D eigenvalue weighted by molar-refractivity contribution is 6.09. The summed E-state index contributed by atoms with van der Waals surface area (Å²) in [5.74, 6) is 0.265. The lowest BCUT2D eigenvalue weighted by atomic mass is 10.1. The van der Waals surface area contributed by atoms with Crippen LogP contribution in [0.2, 0.25) is 0 Å². The number of piperidine rings is 1. The van der Waals surface area contributed by atoms with E-state index < -0.39 is 0 Å². The summed E-state index contributed by atoms with van der Waals surface area (Å²) in [5.41, 5.74) is 3.25. The molecule has 1 aliphatic rings. The second-order valence-electron chi connectivity index (χ2n) is 8.44. The molecule has 4 rings (SSSR count). The average Bonchev–Trinajstić information content (AvgIpc) is 2.92. The van der Waals surface area contributed by atoms with Crippen molar-refractivity contribution in [1.82, 2.24) is 5.32 Å². The van der Waals surface area contributed by atoms with Gasteiger partial charge < -0.3 is 25.0 Å². The molecule has 3 aromatic rings. The highest BCUT2D eigenvalue weighted by Crippen LogP contribution is 2.31. The van der Waals surface area contributed by atoms with Crippen molar-refractivity contribution >= 4 is 23.2 Å². The number of carbonyl (C=O) groups excluding carboxylic acids is 2. The summed E-state index contributed by atoms with van der Waals surface area (Å²) in [6.45, 7) is 2.24. The fourth-order valence-corrected chi connectivity index (χ4v) is 4.35. The molecule has 0 aromatic heterocycles. The number of ether oxygens (including phenoxy) is 2.